The highest BCUT2D eigenvalue weighted by Gasteiger charge is 2.19. The van der Waals surface area contributed by atoms with Crippen LogP contribution in [0.2, 0.25) is 0 Å². The second-order valence-electron chi connectivity index (χ2n) is 5.31. The number of amides is 2. The molecule has 1 fully saturated rings. The molecule has 0 radical (unpaired) electrons. The lowest BCUT2D eigenvalue weighted by atomic mass is 10.1. The van der Waals surface area contributed by atoms with E-state index in [4.69, 9.17) is 0 Å². The number of nitrogens with one attached hydrogen (secondary N) is 1. The average Bonchev–Trinajstić information content (AvgIpc) is 3.07. The number of anilines is 1. The number of rotatable bonds is 4. The minimum atomic E-state index is -0.0927. The maximum Gasteiger partial charge on any atom is 0.251 e. The van der Waals surface area contributed by atoms with Gasteiger partial charge < -0.3 is 10.2 Å². The third-order valence-electron chi connectivity index (χ3n) is 3.77. The first-order valence-electron chi connectivity index (χ1n) is 7.45. The van der Waals surface area contributed by atoms with Crippen LogP contribution in [0.3, 0.4) is 0 Å². The van der Waals surface area contributed by atoms with Crippen molar-refractivity contribution < 1.29 is 9.59 Å². The molecule has 5 heteroatoms. The van der Waals surface area contributed by atoms with E-state index in [-0.39, 0.29) is 11.8 Å². The van der Waals surface area contributed by atoms with Gasteiger partial charge >= 0.3 is 0 Å². The van der Waals surface area contributed by atoms with Crippen molar-refractivity contribution in [1.29, 1.82) is 0 Å². The minimum Gasteiger partial charge on any atom is -0.347 e. The van der Waals surface area contributed by atoms with E-state index in [1.54, 1.807) is 28.4 Å². The van der Waals surface area contributed by atoms with E-state index in [2.05, 4.69) is 5.32 Å². The fourth-order valence-corrected chi connectivity index (χ4v) is 3.20. The first-order valence-corrected chi connectivity index (χ1v) is 8.33. The molecule has 4 nitrogen and oxygen atoms in total. The van der Waals surface area contributed by atoms with Crippen molar-refractivity contribution in [2.45, 2.75) is 25.8 Å². The van der Waals surface area contributed by atoms with E-state index < -0.39 is 0 Å². The minimum absolute atomic E-state index is 0.0927. The molecule has 3 rings (SSSR count). The van der Waals surface area contributed by atoms with Crippen molar-refractivity contribution in [1.82, 2.24) is 5.32 Å². The largest absolute Gasteiger partial charge is 0.347 e. The lowest BCUT2D eigenvalue weighted by Crippen LogP contribution is -2.35. The van der Waals surface area contributed by atoms with Crippen molar-refractivity contribution in [2.24, 2.45) is 0 Å². The number of thiophene rings is 1. The molecule has 2 heterocycles. The van der Waals surface area contributed by atoms with E-state index in [0.29, 0.717) is 18.5 Å². The number of carbonyl (C=O) groups excluding carboxylic acids is 2. The summed E-state index contributed by atoms with van der Waals surface area (Å²) in [6, 6.07) is 11.2. The van der Waals surface area contributed by atoms with E-state index in [0.717, 1.165) is 30.0 Å². The van der Waals surface area contributed by atoms with Crippen LogP contribution < -0.4 is 10.2 Å². The molecule has 1 aliphatic rings. The van der Waals surface area contributed by atoms with E-state index in [9.17, 15) is 9.59 Å². The van der Waals surface area contributed by atoms with Crippen molar-refractivity contribution in [3.8, 4) is 0 Å². The van der Waals surface area contributed by atoms with Gasteiger partial charge in [-0.05, 0) is 48.6 Å². The van der Waals surface area contributed by atoms with Crippen LogP contribution in [0.1, 0.15) is 34.5 Å². The van der Waals surface area contributed by atoms with Gasteiger partial charge in [0.2, 0.25) is 5.91 Å². The lowest BCUT2D eigenvalue weighted by molar-refractivity contribution is -0.119. The maximum atomic E-state index is 12.1. The van der Waals surface area contributed by atoms with Crippen molar-refractivity contribution in [3.05, 3.63) is 52.2 Å². The molecule has 0 bridgehead atoms. The van der Waals surface area contributed by atoms with Gasteiger partial charge in [-0.2, -0.15) is 0 Å². The fraction of sp³-hybridized carbons (Fsp3) is 0.294. The van der Waals surface area contributed by atoms with Gasteiger partial charge in [0, 0.05) is 29.1 Å². The summed E-state index contributed by atoms with van der Waals surface area (Å²) in [5.74, 6) is 0.0751. The summed E-state index contributed by atoms with van der Waals surface area (Å²) in [5.41, 5.74) is 1.49. The first-order chi connectivity index (χ1) is 10.7. The van der Waals surface area contributed by atoms with E-state index >= 15 is 0 Å². The summed E-state index contributed by atoms with van der Waals surface area (Å²) in [7, 11) is 0. The van der Waals surface area contributed by atoms with Gasteiger partial charge in [0.05, 0.1) is 6.54 Å². The average molecular weight is 314 g/mol. The zero-order valence-electron chi connectivity index (χ0n) is 12.2. The number of nitrogens with zero attached hydrogens (tertiary/aromatic N) is 1. The molecule has 0 spiro atoms. The molecule has 1 aliphatic heterocycles. The Morgan fingerprint density at radius 1 is 1.18 bits per heavy atom. The highest BCUT2D eigenvalue weighted by Crippen LogP contribution is 2.21. The summed E-state index contributed by atoms with van der Waals surface area (Å²) in [5, 5.41) is 4.89. The molecule has 0 saturated carbocycles. The van der Waals surface area contributed by atoms with Crippen LogP contribution in [-0.4, -0.2) is 18.4 Å². The Labute approximate surface area is 133 Å². The van der Waals surface area contributed by atoms with Gasteiger partial charge in [0.1, 0.15) is 0 Å². The molecule has 0 atom stereocenters. The summed E-state index contributed by atoms with van der Waals surface area (Å²) in [6.07, 6.45) is 2.62. The topological polar surface area (TPSA) is 49.4 Å². The molecule has 114 valence electrons. The highest BCUT2D eigenvalue weighted by molar-refractivity contribution is 7.09. The monoisotopic (exact) mass is 314 g/mol. The zero-order valence-corrected chi connectivity index (χ0v) is 13.1. The molecule has 2 aromatic rings. The van der Waals surface area contributed by atoms with E-state index in [1.807, 2.05) is 29.6 Å². The lowest BCUT2D eigenvalue weighted by Gasteiger charge is -2.26. The van der Waals surface area contributed by atoms with Crippen molar-refractivity contribution in [2.75, 3.05) is 11.4 Å². The van der Waals surface area contributed by atoms with Crippen LogP contribution in [0, 0.1) is 0 Å². The molecule has 1 aromatic heterocycles. The van der Waals surface area contributed by atoms with Crippen LogP contribution in [-0.2, 0) is 11.3 Å². The Hall–Kier alpha value is -2.14. The van der Waals surface area contributed by atoms with Gasteiger partial charge in [-0.15, -0.1) is 11.3 Å². The zero-order chi connectivity index (χ0) is 15.4. The van der Waals surface area contributed by atoms with Crippen LogP contribution in [0.5, 0.6) is 0 Å². The van der Waals surface area contributed by atoms with Crippen LogP contribution in [0.15, 0.2) is 41.8 Å². The third kappa shape index (κ3) is 3.36. The van der Waals surface area contributed by atoms with E-state index in [1.165, 1.54) is 0 Å². The molecular weight excluding hydrogens is 296 g/mol. The molecule has 0 aliphatic carbocycles. The van der Waals surface area contributed by atoms with Gasteiger partial charge in [0.25, 0.3) is 5.91 Å². The van der Waals surface area contributed by atoms with Gasteiger partial charge in [-0.3, -0.25) is 9.59 Å². The summed E-state index contributed by atoms with van der Waals surface area (Å²) >= 11 is 1.62. The SMILES string of the molecule is O=C(NCc1cccs1)c1ccc(N2CCCCC2=O)cc1. The number of piperidine rings is 1. The predicted molar refractivity (Wildman–Crippen MR) is 88.1 cm³/mol. The summed E-state index contributed by atoms with van der Waals surface area (Å²) in [4.78, 5) is 26.9. The Balaban J connectivity index is 1.63. The van der Waals surface area contributed by atoms with Gasteiger partial charge in [0.15, 0.2) is 0 Å². The molecule has 2 amide bonds. The smallest absolute Gasteiger partial charge is 0.251 e. The number of hydrogen-bond acceptors (Lipinski definition) is 3. The summed E-state index contributed by atoms with van der Waals surface area (Å²) in [6.45, 7) is 1.31. The third-order valence-corrected chi connectivity index (χ3v) is 4.64. The molecule has 1 saturated heterocycles. The van der Waals surface area contributed by atoms with Gasteiger partial charge in [-0.25, -0.2) is 0 Å². The molecule has 1 aromatic carbocycles. The highest BCUT2D eigenvalue weighted by atomic mass is 32.1. The standard InChI is InChI=1S/C17H18N2O2S/c20-16-5-1-2-10-19(16)14-8-6-13(7-9-14)17(21)18-12-15-4-3-11-22-15/h3-4,6-9,11H,1-2,5,10,12H2,(H,18,21). The normalized spacial score (nSPS) is 14.9. The number of benzene rings is 1. The number of hydrogen-bond donors (Lipinski definition) is 1. The summed E-state index contributed by atoms with van der Waals surface area (Å²) < 4.78 is 0. The molecule has 0 unspecified atom stereocenters. The van der Waals surface area contributed by atoms with Crippen LogP contribution in [0.25, 0.3) is 0 Å². The predicted octanol–water partition coefficient (Wildman–Crippen LogP) is 3.20. The molecule has 1 N–H and O–H groups in total. The van der Waals surface area contributed by atoms with Crippen LogP contribution in [0.4, 0.5) is 5.69 Å². The first kappa shape index (κ1) is 14.8. The van der Waals surface area contributed by atoms with Crippen LogP contribution >= 0.6 is 11.3 Å². The maximum absolute atomic E-state index is 12.1. The van der Waals surface area contributed by atoms with Gasteiger partial charge in [-0.1, -0.05) is 6.07 Å². The quantitative estimate of drug-likeness (QED) is 0.942. The Morgan fingerprint density at radius 2 is 2.00 bits per heavy atom. The molecule has 22 heavy (non-hydrogen) atoms. The van der Waals surface area contributed by atoms with Crippen molar-refractivity contribution >= 4 is 28.8 Å². The fourth-order valence-electron chi connectivity index (χ4n) is 2.55. The second kappa shape index (κ2) is 6.75. The Bertz CT molecular complexity index is 650. The molecular formula is C17H18N2O2S. The number of carbonyl (C=O) groups is 2. The Kier molecular flexibility index (Phi) is 4.53. The second-order valence-corrected chi connectivity index (χ2v) is 6.34. The van der Waals surface area contributed by atoms with Crippen molar-refractivity contribution in [3.63, 3.8) is 0 Å². The Morgan fingerprint density at radius 3 is 2.68 bits per heavy atom.